The molecule has 0 aliphatic heterocycles. The summed E-state index contributed by atoms with van der Waals surface area (Å²) in [7, 11) is 1.68. The van der Waals surface area contributed by atoms with Gasteiger partial charge in [-0.15, -0.1) is 0 Å². The van der Waals surface area contributed by atoms with Gasteiger partial charge in [0.05, 0.1) is 17.9 Å². The Morgan fingerprint density at radius 1 is 0.794 bits per heavy atom. The highest BCUT2D eigenvalue weighted by molar-refractivity contribution is 6.31. The number of carbonyl (C=O) groups excluding carboxylic acids is 1. The van der Waals surface area contributed by atoms with Crippen molar-refractivity contribution < 1.29 is 4.79 Å². The minimum Gasteiger partial charge on any atom is -0.297 e. The van der Waals surface area contributed by atoms with Crippen LogP contribution in [0.25, 0.3) is 0 Å². The van der Waals surface area contributed by atoms with Crippen molar-refractivity contribution in [3.05, 3.63) is 122 Å². The molecule has 0 atom stereocenters. The molecule has 0 unspecified atom stereocenters. The van der Waals surface area contributed by atoms with Gasteiger partial charge in [-0.3, -0.25) is 24.1 Å². The second kappa shape index (κ2) is 9.99. The summed E-state index contributed by atoms with van der Waals surface area (Å²) in [4.78, 5) is 42.1. The summed E-state index contributed by atoms with van der Waals surface area (Å²) in [5, 5.41) is 1.13. The first kappa shape index (κ1) is 23.4. The Hall–Kier alpha value is -3.81. The number of aromatic amines is 1. The largest absolute Gasteiger partial charge is 0.333 e. The van der Waals surface area contributed by atoms with E-state index >= 15 is 0 Å². The lowest BCUT2D eigenvalue weighted by Crippen LogP contribution is -2.38. The lowest BCUT2D eigenvalue weighted by molar-refractivity contribution is 0.254. The number of urea groups is 1. The van der Waals surface area contributed by atoms with Crippen molar-refractivity contribution >= 4 is 46.3 Å². The number of hydrogen-bond donors (Lipinski definition) is 1. The normalized spacial score (nSPS) is 10.7. The molecule has 1 N–H and O–H groups in total. The predicted molar refractivity (Wildman–Crippen MR) is 136 cm³/mol. The maximum Gasteiger partial charge on any atom is 0.333 e. The molecule has 0 aliphatic rings. The minimum absolute atomic E-state index is 0.283. The molecule has 0 radical (unpaired) electrons. The van der Waals surface area contributed by atoms with Crippen LogP contribution in [0, 0.1) is 0 Å². The predicted octanol–water partition coefficient (Wildman–Crippen LogP) is 5.29. The molecule has 0 aliphatic carbocycles. The van der Waals surface area contributed by atoms with Gasteiger partial charge in [0, 0.05) is 35.0 Å². The minimum atomic E-state index is -0.481. The van der Waals surface area contributed by atoms with Crippen molar-refractivity contribution in [1.29, 1.82) is 0 Å². The number of anilines is 3. The molecule has 0 fully saturated rings. The smallest absolute Gasteiger partial charge is 0.297 e. The van der Waals surface area contributed by atoms with E-state index in [0.717, 1.165) is 5.56 Å². The average Bonchev–Trinajstić information content (AvgIpc) is 2.83. The Morgan fingerprint density at radius 2 is 1.29 bits per heavy atom. The highest BCUT2D eigenvalue weighted by Gasteiger charge is 2.23. The van der Waals surface area contributed by atoms with Crippen molar-refractivity contribution in [2.75, 3.05) is 16.8 Å². The van der Waals surface area contributed by atoms with Gasteiger partial charge in [0.1, 0.15) is 0 Å². The Balaban J connectivity index is 1.60. The molecule has 3 aromatic carbocycles. The summed E-state index contributed by atoms with van der Waals surface area (Å²) in [6.07, 6.45) is 1.45. The third-order valence-electron chi connectivity index (χ3n) is 5.22. The first-order valence-electron chi connectivity index (χ1n) is 10.3. The fraction of sp³-hybridized carbons (Fsp3) is 0.0800. The van der Waals surface area contributed by atoms with Gasteiger partial charge in [-0.1, -0.05) is 35.3 Å². The molecule has 0 spiro atoms. The highest BCUT2D eigenvalue weighted by Crippen LogP contribution is 2.30. The Kier molecular flexibility index (Phi) is 6.86. The van der Waals surface area contributed by atoms with Crippen molar-refractivity contribution in [1.82, 2.24) is 9.55 Å². The van der Waals surface area contributed by atoms with Crippen LogP contribution in [0.5, 0.6) is 0 Å². The molecule has 0 saturated carbocycles. The first-order valence-corrected chi connectivity index (χ1v) is 11.0. The molecule has 4 aromatic rings. The van der Waals surface area contributed by atoms with Gasteiger partial charge in [0.25, 0.3) is 5.56 Å². The molecule has 0 bridgehead atoms. The lowest BCUT2D eigenvalue weighted by Gasteiger charge is -2.28. The quantitative estimate of drug-likeness (QED) is 0.409. The van der Waals surface area contributed by atoms with Crippen LogP contribution in [0.4, 0.5) is 21.9 Å². The van der Waals surface area contributed by atoms with Crippen LogP contribution in [0.2, 0.25) is 10.0 Å². The van der Waals surface area contributed by atoms with E-state index in [0.29, 0.717) is 27.1 Å². The van der Waals surface area contributed by atoms with Crippen molar-refractivity contribution in [2.45, 2.75) is 6.54 Å². The third kappa shape index (κ3) is 5.22. The van der Waals surface area contributed by atoms with Crippen LogP contribution >= 0.6 is 23.2 Å². The lowest BCUT2D eigenvalue weighted by atomic mass is 10.2. The summed E-state index contributed by atoms with van der Waals surface area (Å²) < 4.78 is 1.40. The van der Waals surface area contributed by atoms with Crippen molar-refractivity contribution in [3.63, 3.8) is 0 Å². The Bertz CT molecular complexity index is 1370. The number of halogens is 2. The molecule has 2 amide bonds. The van der Waals surface area contributed by atoms with E-state index in [-0.39, 0.29) is 12.6 Å². The standard InChI is InChI=1S/C25H20Cl2N4O3/c1-29(20-8-2-17(3-9-20)16-30-15-14-23(32)28-24(30)33)25(34)31(21-10-4-18(26)5-11-21)22-12-6-19(27)7-13-22/h2-15H,16H2,1H3,(H,28,32,33). The molecule has 34 heavy (non-hydrogen) atoms. The number of rotatable bonds is 5. The maximum atomic E-state index is 13.6. The molecule has 172 valence electrons. The molecule has 4 rings (SSSR count). The van der Waals surface area contributed by atoms with E-state index in [2.05, 4.69) is 4.98 Å². The molecule has 1 heterocycles. The van der Waals surface area contributed by atoms with Gasteiger partial charge >= 0.3 is 11.7 Å². The average molecular weight is 495 g/mol. The van der Waals surface area contributed by atoms with E-state index in [1.54, 1.807) is 72.6 Å². The van der Waals surface area contributed by atoms with Crippen LogP contribution in [-0.4, -0.2) is 22.6 Å². The number of amides is 2. The summed E-state index contributed by atoms with van der Waals surface area (Å²) in [5.41, 5.74) is 1.88. The first-order chi connectivity index (χ1) is 16.3. The van der Waals surface area contributed by atoms with Gasteiger partial charge in [-0.05, 0) is 66.2 Å². The Labute approximate surface area is 205 Å². The summed E-state index contributed by atoms with van der Waals surface area (Å²) >= 11 is 12.1. The molecule has 0 saturated heterocycles. The number of nitrogens with zero attached hydrogens (tertiary/aromatic N) is 3. The van der Waals surface area contributed by atoms with Crippen molar-refractivity contribution in [3.8, 4) is 0 Å². The van der Waals surface area contributed by atoms with Gasteiger partial charge in [-0.2, -0.15) is 0 Å². The Morgan fingerprint density at radius 3 is 1.79 bits per heavy atom. The van der Waals surface area contributed by atoms with E-state index in [1.165, 1.54) is 21.7 Å². The molecular weight excluding hydrogens is 475 g/mol. The van der Waals surface area contributed by atoms with Crippen LogP contribution in [-0.2, 0) is 6.54 Å². The van der Waals surface area contributed by atoms with E-state index in [1.807, 2.05) is 12.1 Å². The number of benzene rings is 3. The number of hydrogen-bond acceptors (Lipinski definition) is 3. The van der Waals surface area contributed by atoms with E-state index in [4.69, 9.17) is 23.2 Å². The number of nitrogens with one attached hydrogen (secondary N) is 1. The van der Waals surface area contributed by atoms with Gasteiger partial charge < -0.3 is 0 Å². The molecular formula is C25H20Cl2N4O3. The third-order valence-corrected chi connectivity index (χ3v) is 5.73. The molecule has 7 nitrogen and oxygen atoms in total. The van der Waals surface area contributed by atoms with Crippen LogP contribution in [0.15, 0.2) is 94.6 Å². The SMILES string of the molecule is CN(C(=O)N(c1ccc(Cl)cc1)c1ccc(Cl)cc1)c1ccc(Cn2ccc(=O)[nH]c2=O)cc1. The second-order valence-corrected chi connectivity index (χ2v) is 8.41. The maximum absolute atomic E-state index is 13.6. The van der Waals surface area contributed by atoms with Gasteiger partial charge in [0.15, 0.2) is 0 Å². The van der Waals surface area contributed by atoms with E-state index in [9.17, 15) is 14.4 Å². The van der Waals surface area contributed by atoms with Gasteiger partial charge in [0.2, 0.25) is 0 Å². The van der Waals surface area contributed by atoms with Crippen LogP contribution in [0.3, 0.4) is 0 Å². The van der Waals surface area contributed by atoms with Crippen LogP contribution in [0.1, 0.15) is 5.56 Å². The topological polar surface area (TPSA) is 78.4 Å². The van der Waals surface area contributed by atoms with Crippen LogP contribution < -0.4 is 21.0 Å². The number of H-pyrrole nitrogens is 1. The van der Waals surface area contributed by atoms with Crippen molar-refractivity contribution in [2.24, 2.45) is 0 Å². The highest BCUT2D eigenvalue weighted by atomic mass is 35.5. The number of carbonyl (C=O) groups is 1. The summed E-state index contributed by atoms with van der Waals surface area (Å²) in [6.45, 7) is 0.287. The van der Waals surface area contributed by atoms with Gasteiger partial charge in [-0.25, -0.2) is 9.59 Å². The summed E-state index contributed by atoms with van der Waals surface area (Å²) in [6, 6.07) is 22.2. The summed E-state index contributed by atoms with van der Waals surface area (Å²) in [5.74, 6) is 0. The monoisotopic (exact) mass is 494 g/mol. The zero-order chi connectivity index (χ0) is 24.2. The fourth-order valence-corrected chi connectivity index (χ4v) is 3.65. The second-order valence-electron chi connectivity index (χ2n) is 7.53. The molecule has 9 heteroatoms. The number of aromatic nitrogens is 2. The zero-order valence-corrected chi connectivity index (χ0v) is 19.6. The zero-order valence-electron chi connectivity index (χ0n) is 18.1. The molecule has 1 aromatic heterocycles. The fourth-order valence-electron chi connectivity index (χ4n) is 3.40. The van der Waals surface area contributed by atoms with E-state index < -0.39 is 11.2 Å².